The molecule has 0 bridgehead atoms. The Bertz CT molecular complexity index is 584. The molecule has 3 nitrogen and oxygen atoms in total. The van der Waals surface area contributed by atoms with Crippen LogP contribution >= 0.6 is 0 Å². The molecule has 0 unspecified atom stereocenters. The Morgan fingerprint density at radius 1 is 0.629 bits per heavy atom. The Balaban J connectivity index is 1.74. The van der Waals surface area contributed by atoms with Gasteiger partial charge in [0.1, 0.15) is 5.75 Å². The Hall–Kier alpha value is -1.51. The van der Waals surface area contributed by atoms with E-state index in [1.807, 2.05) is 24.3 Å². The van der Waals surface area contributed by atoms with Crippen molar-refractivity contribution >= 4 is 5.91 Å². The van der Waals surface area contributed by atoms with E-state index in [4.69, 9.17) is 4.74 Å². The van der Waals surface area contributed by atoms with Gasteiger partial charge in [-0.2, -0.15) is 0 Å². The van der Waals surface area contributed by atoms with Gasteiger partial charge >= 0.3 is 0 Å². The van der Waals surface area contributed by atoms with Gasteiger partial charge < -0.3 is 10.1 Å². The first-order chi connectivity index (χ1) is 17.3. The first-order valence-corrected chi connectivity index (χ1v) is 15.2. The lowest BCUT2D eigenvalue weighted by Gasteiger charge is -2.06. The molecular weight excluding hydrogens is 430 g/mol. The summed E-state index contributed by atoms with van der Waals surface area (Å²) in [6.45, 7) is 3.11. The molecule has 0 spiro atoms. The van der Waals surface area contributed by atoms with Crippen molar-refractivity contribution in [2.24, 2.45) is 0 Å². The number of nitrogens with one attached hydrogen (secondary N) is 1. The van der Waals surface area contributed by atoms with Crippen LogP contribution in [0, 0.1) is 0 Å². The summed E-state index contributed by atoms with van der Waals surface area (Å²) in [5.41, 5.74) is 1.18. The minimum atomic E-state index is 0.165. The summed E-state index contributed by atoms with van der Waals surface area (Å²) in [5, 5.41) is 3.07. The maximum absolute atomic E-state index is 12.0. The van der Waals surface area contributed by atoms with E-state index in [9.17, 15) is 4.79 Å². The molecule has 0 saturated carbocycles. The minimum absolute atomic E-state index is 0.165. The van der Waals surface area contributed by atoms with E-state index >= 15 is 0 Å². The highest BCUT2D eigenvalue weighted by Crippen LogP contribution is 2.15. The lowest BCUT2D eigenvalue weighted by molar-refractivity contribution is -0.121. The van der Waals surface area contributed by atoms with E-state index in [-0.39, 0.29) is 5.91 Å². The molecule has 0 radical (unpaired) electrons. The number of benzene rings is 1. The van der Waals surface area contributed by atoms with Crippen molar-refractivity contribution in [3.8, 4) is 5.75 Å². The molecule has 0 atom stereocenters. The van der Waals surface area contributed by atoms with Crippen LogP contribution < -0.4 is 10.1 Å². The largest absolute Gasteiger partial charge is 0.497 e. The highest BCUT2D eigenvalue weighted by molar-refractivity contribution is 5.76. The number of amides is 1. The molecule has 0 fully saturated rings. The molecule has 0 saturated heterocycles. The SMILES string of the molecule is CCCCCCCCCCCCCCCCCCCCCCNC(=O)CCc1ccc(OC)cc1. The molecular formula is C32H57NO2. The predicted molar refractivity (Wildman–Crippen MR) is 152 cm³/mol. The topological polar surface area (TPSA) is 38.3 Å². The zero-order valence-electron chi connectivity index (χ0n) is 23.4. The summed E-state index contributed by atoms with van der Waals surface area (Å²) in [7, 11) is 1.67. The van der Waals surface area contributed by atoms with Gasteiger partial charge in [-0.05, 0) is 30.5 Å². The molecule has 0 heterocycles. The Morgan fingerprint density at radius 3 is 1.43 bits per heavy atom. The predicted octanol–water partition coefficient (Wildman–Crippen LogP) is 9.57. The number of ether oxygens (including phenoxy) is 1. The second-order valence-corrected chi connectivity index (χ2v) is 10.4. The summed E-state index contributed by atoms with van der Waals surface area (Å²) < 4.78 is 5.17. The second kappa shape index (κ2) is 24.2. The van der Waals surface area contributed by atoms with Gasteiger partial charge in [-0.1, -0.05) is 141 Å². The maximum Gasteiger partial charge on any atom is 0.220 e. The Morgan fingerprint density at radius 2 is 1.03 bits per heavy atom. The number of rotatable bonds is 25. The van der Waals surface area contributed by atoms with Crippen LogP contribution in [-0.4, -0.2) is 19.6 Å². The fourth-order valence-electron chi connectivity index (χ4n) is 4.75. The van der Waals surface area contributed by atoms with Gasteiger partial charge in [0.25, 0.3) is 0 Å². The van der Waals surface area contributed by atoms with Crippen molar-refractivity contribution in [2.45, 2.75) is 148 Å². The standard InChI is InChI=1S/C32H57NO2/c1-3-4-5-6-7-8-9-10-11-12-13-14-15-16-17-18-19-20-21-22-29-33-32(34)28-25-30-23-26-31(35-2)27-24-30/h23-24,26-27H,3-22,25,28-29H2,1-2H3,(H,33,34). The van der Waals surface area contributed by atoms with Crippen LogP contribution in [0.15, 0.2) is 24.3 Å². The number of aryl methyl sites for hydroxylation is 1. The zero-order valence-corrected chi connectivity index (χ0v) is 23.4. The number of carbonyl (C=O) groups excluding carboxylic acids is 1. The average molecular weight is 488 g/mol. The van der Waals surface area contributed by atoms with Crippen molar-refractivity contribution in [2.75, 3.05) is 13.7 Å². The van der Waals surface area contributed by atoms with Crippen molar-refractivity contribution < 1.29 is 9.53 Å². The lowest BCUT2D eigenvalue weighted by Crippen LogP contribution is -2.24. The van der Waals surface area contributed by atoms with Crippen molar-refractivity contribution in [3.05, 3.63) is 29.8 Å². The van der Waals surface area contributed by atoms with Gasteiger partial charge in [-0.3, -0.25) is 4.79 Å². The van der Waals surface area contributed by atoms with Crippen molar-refractivity contribution in [1.29, 1.82) is 0 Å². The van der Waals surface area contributed by atoms with Gasteiger partial charge in [-0.25, -0.2) is 0 Å². The second-order valence-electron chi connectivity index (χ2n) is 10.4. The van der Waals surface area contributed by atoms with Crippen LogP contribution in [0.3, 0.4) is 0 Å². The Kier molecular flexibility index (Phi) is 21.8. The minimum Gasteiger partial charge on any atom is -0.497 e. The van der Waals surface area contributed by atoms with Crippen molar-refractivity contribution in [3.63, 3.8) is 0 Å². The van der Waals surface area contributed by atoms with Gasteiger partial charge in [0, 0.05) is 13.0 Å². The highest BCUT2D eigenvalue weighted by Gasteiger charge is 2.02. The normalized spacial score (nSPS) is 11.0. The van der Waals surface area contributed by atoms with Crippen LogP contribution in [-0.2, 0) is 11.2 Å². The fourth-order valence-corrected chi connectivity index (χ4v) is 4.75. The van der Waals surface area contributed by atoms with Crippen LogP contribution in [0.1, 0.15) is 147 Å². The van der Waals surface area contributed by atoms with E-state index in [1.54, 1.807) is 7.11 Å². The molecule has 1 amide bonds. The number of hydrogen-bond donors (Lipinski definition) is 1. The fraction of sp³-hybridized carbons (Fsp3) is 0.781. The molecule has 0 aliphatic carbocycles. The smallest absolute Gasteiger partial charge is 0.220 e. The number of methoxy groups -OCH3 is 1. The zero-order chi connectivity index (χ0) is 25.2. The van der Waals surface area contributed by atoms with Crippen LogP contribution in [0.5, 0.6) is 5.75 Å². The summed E-state index contributed by atoms with van der Waals surface area (Å²) in [4.78, 5) is 12.0. The van der Waals surface area contributed by atoms with Crippen molar-refractivity contribution in [1.82, 2.24) is 5.32 Å². The monoisotopic (exact) mass is 487 g/mol. The van der Waals surface area contributed by atoms with Gasteiger partial charge in [0.05, 0.1) is 7.11 Å². The number of hydrogen-bond acceptors (Lipinski definition) is 2. The van der Waals surface area contributed by atoms with Crippen LogP contribution in [0.2, 0.25) is 0 Å². The summed E-state index contributed by atoms with van der Waals surface area (Å²) >= 11 is 0. The lowest BCUT2D eigenvalue weighted by atomic mass is 10.0. The van der Waals surface area contributed by atoms with E-state index in [1.165, 1.54) is 128 Å². The van der Waals surface area contributed by atoms with E-state index in [0.717, 1.165) is 25.1 Å². The van der Waals surface area contributed by atoms with Crippen LogP contribution in [0.4, 0.5) is 0 Å². The van der Waals surface area contributed by atoms with Crippen LogP contribution in [0.25, 0.3) is 0 Å². The number of carbonyl (C=O) groups is 1. The quantitative estimate of drug-likeness (QED) is 0.139. The van der Waals surface area contributed by atoms with E-state index < -0.39 is 0 Å². The third-order valence-electron chi connectivity index (χ3n) is 7.15. The van der Waals surface area contributed by atoms with Gasteiger partial charge in [0.15, 0.2) is 0 Å². The maximum atomic E-state index is 12.0. The molecule has 1 aromatic carbocycles. The molecule has 0 aliphatic heterocycles. The molecule has 0 aliphatic rings. The molecule has 3 heteroatoms. The average Bonchev–Trinajstić information content (AvgIpc) is 2.88. The van der Waals surface area contributed by atoms with E-state index in [0.29, 0.717) is 6.42 Å². The number of unbranched alkanes of at least 4 members (excludes halogenated alkanes) is 19. The van der Waals surface area contributed by atoms with Gasteiger partial charge in [0.2, 0.25) is 5.91 Å². The molecule has 1 rings (SSSR count). The van der Waals surface area contributed by atoms with Gasteiger partial charge in [-0.15, -0.1) is 0 Å². The third-order valence-corrected chi connectivity index (χ3v) is 7.15. The molecule has 1 N–H and O–H groups in total. The summed E-state index contributed by atoms with van der Waals surface area (Å²) in [6.07, 6.45) is 29.3. The highest BCUT2D eigenvalue weighted by atomic mass is 16.5. The first-order valence-electron chi connectivity index (χ1n) is 15.2. The summed E-state index contributed by atoms with van der Waals surface area (Å²) in [5.74, 6) is 1.02. The van der Waals surface area contributed by atoms with E-state index in [2.05, 4.69) is 12.2 Å². The summed E-state index contributed by atoms with van der Waals surface area (Å²) in [6, 6.07) is 7.97. The molecule has 1 aromatic rings. The molecule has 35 heavy (non-hydrogen) atoms. The third kappa shape index (κ3) is 20.4. The Labute approximate surface area is 218 Å². The first kappa shape index (κ1) is 31.5. The molecule has 0 aromatic heterocycles. The molecule has 202 valence electrons.